The van der Waals surface area contributed by atoms with Crippen molar-refractivity contribution in [1.29, 1.82) is 0 Å². The Hall–Kier alpha value is -2.27. The normalized spacial score (nSPS) is 12.3. The van der Waals surface area contributed by atoms with E-state index in [1.165, 1.54) is 16.2 Å². The molecule has 1 aromatic heterocycles. The van der Waals surface area contributed by atoms with Crippen molar-refractivity contribution in [3.05, 3.63) is 70.6 Å². The van der Waals surface area contributed by atoms with Crippen molar-refractivity contribution in [2.24, 2.45) is 0 Å². The zero-order valence-electron chi connectivity index (χ0n) is 12.7. The molecule has 0 aliphatic heterocycles. The minimum Gasteiger partial charge on any atom is -0.335 e. The summed E-state index contributed by atoms with van der Waals surface area (Å²) in [4.78, 5) is 14.2. The summed E-state index contributed by atoms with van der Waals surface area (Å²) in [6.45, 7) is 1.68. The van der Waals surface area contributed by atoms with E-state index in [1.807, 2.05) is 24.3 Å². The van der Waals surface area contributed by atoms with Gasteiger partial charge in [-0.25, -0.2) is 8.78 Å². The highest BCUT2D eigenvalue weighted by molar-refractivity contribution is 7.17. The maximum atomic E-state index is 13.9. The van der Waals surface area contributed by atoms with Crippen LogP contribution >= 0.6 is 11.3 Å². The largest absolute Gasteiger partial charge is 0.335 e. The first-order valence-corrected chi connectivity index (χ1v) is 8.05. The van der Waals surface area contributed by atoms with Crippen molar-refractivity contribution in [1.82, 2.24) is 4.90 Å². The van der Waals surface area contributed by atoms with Crippen LogP contribution in [0, 0.1) is 11.6 Å². The van der Waals surface area contributed by atoms with Crippen LogP contribution in [0.25, 0.3) is 10.1 Å². The quantitative estimate of drug-likeness (QED) is 0.660. The van der Waals surface area contributed by atoms with Crippen LogP contribution < -0.4 is 0 Å². The monoisotopic (exact) mass is 331 g/mol. The summed E-state index contributed by atoms with van der Waals surface area (Å²) in [5.41, 5.74) is 0.747. The van der Waals surface area contributed by atoms with E-state index in [9.17, 15) is 13.6 Å². The van der Waals surface area contributed by atoms with Gasteiger partial charge in [0.25, 0.3) is 5.91 Å². The first-order valence-electron chi connectivity index (χ1n) is 7.17. The summed E-state index contributed by atoms with van der Waals surface area (Å²) in [7, 11) is 1.60. The Kier molecular flexibility index (Phi) is 4.13. The lowest BCUT2D eigenvalue weighted by Gasteiger charge is -2.25. The molecule has 5 heteroatoms. The third-order valence-electron chi connectivity index (χ3n) is 4.02. The van der Waals surface area contributed by atoms with Gasteiger partial charge in [-0.1, -0.05) is 18.2 Å². The van der Waals surface area contributed by atoms with Gasteiger partial charge < -0.3 is 4.90 Å². The van der Waals surface area contributed by atoms with Crippen molar-refractivity contribution >= 4 is 27.3 Å². The van der Waals surface area contributed by atoms with Crippen molar-refractivity contribution < 1.29 is 13.6 Å². The third-order valence-corrected chi connectivity index (χ3v) is 4.98. The Morgan fingerprint density at radius 3 is 2.70 bits per heavy atom. The van der Waals surface area contributed by atoms with Gasteiger partial charge >= 0.3 is 0 Å². The van der Waals surface area contributed by atoms with E-state index in [0.717, 1.165) is 28.3 Å². The van der Waals surface area contributed by atoms with Crippen molar-refractivity contribution in [2.75, 3.05) is 7.05 Å². The Bertz CT molecular complexity index is 874. The molecule has 1 amide bonds. The smallest absolute Gasteiger partial charge is 0.255 e. The standard InChI is InChI=1S/C18H15F2NOS/c1-11(14-9-12(19)7-8-16(14)20)21(2)18(22)15-10-23-17-6-4-3-5-13(15)17/h3-11H,1-2H3. The molecular formula is C18H15F2NOS. The second-order valence-electron chi connectivity index (χ2n) is 5.40. The Morgan fingerprint density at radius 1 is 1.17 bits per heavy atom. The van der Waals surface area contributed by atoms with Gasteiger partial charge in [0.15, 0.2) is 0 Å². The fourth-order valence-electron chi connectivity index (χ4n) is 2.55. The van der Waals surface area contributed by atoms with E-state index in [-0.39, 0.29) is 11.5 Å². The Balaban J connectivity index is 1.94. The molecule has 0 fully saturated rings. The summed E-state index contributed by atoms with van der Waals surface area (Å²) >= 11 is 1.49. The number of fused-ring (bicyclic) bond motifs is 1. The molecule has 3 aromatic rings. The summed E-state index contributed by atoms with van der Waals surface area (Å²) < 4.78 is 28.3. The Morgan fingerprint density at radius 2 is 1.91 bits per heavy atom. The number of hydrogen-bond acceptors (Lipinski definition) is 2. The van der Waals surface area contributed by atoms with Crippen LogP contribution in [0.5, 0.6) is 0 Å². The van der Waals surface area contributed by atoms with Gasteiger partial charge in [0.1, 0.15) is 11.6 Å². The topological polar surface area (TPSA) is 20.3 Å². The van der Waals surface area contributed by atoms with Gasteiger partial charge in [-0.3, -0.25) is 4.79 Å². The molecule has 118 valence electrons. The molecule has 0 saturated heterocycles. The molecule has 2 nitrogen and oxygen atoms in total. The molecular weight excluding hydrogens is 316 g/mol. The van der Waals surface area contributed by atoms with Gasteiger partial charge in [-0.2, -0.15) is 0 Å². The fraction of sp³-hybridized carbons (Fsp3) is 0.167. The zero-order valence-corrected chi connectivity index (χ0v) is 13.5. The molecule has 1 atom stereocenters. The number of halogens is 2. The summed E-state index contributed by atoms with van der Waals surface area (Å²) in [6.07, 6.45) is 0. The van der Waals surface area contributed by atoms with E-state index in [4.69, 9.17) is 0 Å². The van der Waals surface area contributed by atoms with Crippen molar-refractivity contribution in [3.63, 3.8) is 0 Å². The lowest BCUT2D eigenvalue weighted by atomic mass is 10.0. The number of nitrogens with zero attached hydrogens (tertiary/aromatic N) is 1. The molecule has 0 aliphatic rings. The molecule has 23 heavy (non-hydrogen) atoms. The SMILES string of the molecule is CC(c1cc(F)ccc1F)N(C)C(=O)c1csc2ccccc12. The highest BCUT2D eigenvalue weighted by atomic mass is 32.1. The van der Waals surface area contributed by atoms with Crippen LogP contribution in [0.4, 0.5) is 8.78 Å². The summed E-state index contributed by atoms with van der Waals surface area (Å²) in [5.74, 6) is -1.25. The molecule has 0 spiro atoms. The number of carbonyl (C=O) groups is 1. The maximum Gasteiger partial charge on any atom is 0.255 e. The second kappa shape index (κ2) is 6.08. The lowest BCUT2D eigenvalue weighted by molar-refractivity contribution is 0.0742. The minimum atomic E-state index is -0.572. The number of amides is 1. The van der Waals surface area contributed by atoms with Crippen LogP contribution in [-0.2, 0) is 0 Å². The zero-order chi connectivity index (χ0) is 16.6. The van der Waals surface area contributed by atoms with E-state index in [2.05, 4.69) is 0 Å². The lowest BCUT2D eigenvalue weighted by Crippen LogP contribution is -2.30. The molecule has 1 heterocycles. The van der Waals surface area contributed by atoms with Gasteiger partial charge in [-0.15, -0.1) is 11.3 Å². The van der Waals surface area contributed by atoms with Crippen LogP contribution in [0.1, 0.15) is 28.9 Å². The van der Waals surface area contributed by atoms with Gasteiger partial charge in [-0.05, 0) is 31.2 Å². The predicted octanol–water partition coefficient (Wildman–Crippen LogP) is 5.01. The number of carbonyl (C=O) groups excluding carboxylic acids is 1. The van der Waals surface area contributed by atoms with Crippen LogP contribution in [-0.4, -0.2) is 17.9 Å². The van der Waals surface area contributed by atoms with Crippen LogP contribution in [0.3, 0.4) is 0 Å². The maximum absolute atomic E-state index is 13.9. The minimum absolute atomic E-state index is 0.167. The fourth-order valence-corrected chi connectivity index (χ4v) is 3.49. The average molecular weight is 331 g/mol. The van der Waals surface area contributed by atoms with Crippen LogP contribution in [0.15, 0.2) is 47.8 Å². The van der Waals surface area contributed by atoms with Gasteiger partial charge in [0, 0.05) is 28.1 Å². The highest BCUT2D eigenvalue weighted by Crippen LogP contribution is 2.29. The first-order chi connectivity index (χ1) is 11.0. The molecule has 0 bridgehead atoms. The van der Waals surface area contributed by atoms with Gasteiger partial charge in [0.05, 0.1) is 11.6 Å². The number of thiophene rings is 1. The van der Waals surface area contributed by atoms with Crippen LogP contribution in [0.2, 0.25) is 0 Å². The second-order valence-corrected chi connectivity index (χ2v) is 6.31. The predicted molar refractivity (Wildman–Crippen MR) is 88.7 cm³/mol. The third kappa shape index (κ3) is 2.84. The highest BCUT2D eigenvalue weighted by Gasteiger charge is 2.23. The number of benzene rings is 2. The van der Waals surface area contributed by atoms with E-state index in [1.54, 1.807) is 19.4 Å². The molecule has 1 unspecified atom stereocenters. The Labute approximate surface area is 137 Å². The molecule has 2 aromatic carbocycles. The molecule has 0 aliphatic carbocycles. The summed E-state index contributed by atoms with van der Waals surface area (Å²) in [5, 5.41) is 2.68. The molecule has 0 N–H and O–H groups in total. The van der Waals surface area contributed by atoms with E-state index in [0.29, 0.717) is 5.56 Å². The van der Waals surface area contributed by atoms with Crippen molar-refractivity contribution in [3.8, 4) is 0 Å². The average Bonchev–Trinajstić information content (AvgIpc) is 2.99. The van der Waals surface area contributed by atoms with Crippen molar-refractivity contribution in [2.45, 2.75) is 13.0 Å². The molecule has 3 rings (SSSR count). The number of rotatable bonds is 3. The summed E-state index contributed by atoms with van der Waals surface area (Å²) in [6, 6.07) is 10.3. The van der Waals surface area contributed by atoms with E-state index < -0.39 is 17.7 Å². The number of hydrogen-bond donors (Lipinski definition) is 0. The molecule has 0 radical (unpaired) electrons. The first kappa shape index (κ1) is 15.6. The van der Waals surface area contributed by atoms with E-state index >= 15 is 0 Å². The molecule has 0 saturated carbocycles. The van der Waals surface area contributed by atoms with Gasteiger partial charge in [0.2, 0.25) is 0 Å².